The number of fused-ring (bicyclic) bond motifs is 2. The maximum atomic E-state index is 8.57. The summed E-state index contributed by atoms with van der Waals surface area (Å²) in [5, 5.41) is 22.0. The third kappa shape index (κ3) is 2.40. The van der Waals surface area contributed by atoms with Gasteiger partial charge in [0.05, 0.1) is 16.8 Å². The molecule has 0 fully saturated rings. The van der Waals surface area contributed by atoms with Gasteiger partial charge in [0.1, 0.15) is 0 Å². The number of amidine groups is 1. The quantitative estimate of drug-likeness (QED) is 0.637. The van der Waals surface area contributed by atoms with Crippen LogP contribution in [0.4, 0.5) is 0 Å². The van der Waals surface area contributed by atoms with Gasteiger partial charge in [-0.15, -0.1) is 0 Å². The number of aromatic nitrogens is 1. The summed E-state index contributed by atoms with van der Waals surface area (Å²) in [6.45, 7) is 0. The van der Waals surface area contributed by atoms with E-state index in [-0.39, 0.29) is 11.5 Å². The fourth-order valence-electron chi connectivity index (χ4n) is 1.98. The minimum Gasteiger partial charge on any atom is -0.356 e. The van der Waals surface area contributed by atoms with Crippen LogP contribution in [0.5, 0.6) is 0 Å². The Morgan fingerprint density at radius 3 is 2.62 bits per heavy atom. The van der Waals surface area contributed by atoms with E-state index < -0.39 is 0 Å². The first-order valence-electron chi connectivity index (χ1n) is 6.21. The van der Waals surface area contributed by atoms with Gasteiger partial charge in [0, 0.05) is 5.39 Å². The molecule has 1 aliphatic heterocycles. The highest BCUT2D eigenvalue weighted by Gasteiger charge is 2.23. The van der Waals surface area contributed by atoms with Crippen molar-refractivity contribution in [1.29, 1.82) is 10.8 Å². The molecule has 0 atom stereocenters. The molecule has 1 N–H and O–H groups in total. The Balaban J connectivity index is 0.000000131. The molecule has 0 bridgehead atoms. The number of diazo groups is 1. The van der Waals surface area contributed by atoms with Crippen LogP contribution in [-0.4, -0.2) is 11.0 Å². The minimum atomic E-state index is 0.0127. The van der Waals surface area contributed by atoms with Gasteiger partial charge < -0.3 is 4.52 Å². The lowest BCUT2D eigenvalue weighted by Gasteiger charge is -1.78. The molecule has 0 amide bonds. The van der Waals surface area contributed by atoms with Crippen LogP contribution in [0.25, 0.3) is 21.6 Å². The number of hydrogen-bond acceptors (Lipinski definition) is 4. The van der Waals surface area contributed by atoms with Crippen LogP contribution in [0.3, 0.4) is 0 Å². The van der Waals surface area contributed by atoms with Crippen molar-refractivity contribution in [3.05, 3.63) is 70.3 Å². The van der Waals surface area contributed by atoms with Crippen LogP contribution in [0.1, 0.15) is 0 Å². The molecular formula is C15H10N5O+. The van der Waals surface area contributed by atoms with Crippen molar-refractivity contribution >= 4 is 22.5 Å². The first kappa shape index (κ1) is 12.7. The SMILES string of the molecule is N#[N+]C1=c2ccccc2=NC1=N.c1ccc2oncc2c1. The van der Waals surface area contributed by atoms with Gasteiger partial charge in [0.2, 0.25) is 11.2 Å². The van der Waals surface area contributed by atoms with Crippen molar-refractivity contribution in [1.82, 2.24) is 5.16 Å². The number of nitrogens with one attached hydrogen (secondary N) is 1. The molecule has 6 heteroatoms. The van der Waals surface area contributed by atoms with Gasteiger partial charge in [-0.25, -0.2) is 4.99 Å². The molecule has 6 nitrogen and oxygen atoms in total. The summed E-state index contributed by atoms with van der Waals surface area (Å²) in [6, 6.07) is 14.9. The smallest absolute Gasteiger partial charge is 0.356 e. The van der Waals surface area contributed by atoms with E-state index >= 15 is 0 Å². The Labute approximate surface area is 119 Å². The molecular weight excluding hydrogens is 266 g/mol. The van der Waals surface area contributed by atoms with E-state index in [1.807, 2.05) is 36.4 Å². The van der Waals surface area contributed by atoms with E-state index in [1.54, 1.807) is 18.3 Å². The molecule has 0 saturated heterocycles. The lowest BCUT2D eigenvalue weighted by Crippen LogP contribution is -2.21. The predicted octanol–water partition coefficient (Wildman–Crippen LogP) is 2.09. The van der Waals surface area contributed by atoms with Gasteiger partial charge in [0.25, 0.3) is 0 Å². The molecule has 3 aromatic rings. The number of benzene rings is 2. The second-order valence-electron chi connectivity index (χ2n) is 4.29. The molecule has 100 valence electrons. The molecule has 2 aromatic carbocycles. The zero-order valence-corrected chi connectivity index (χ0v) is 10.9. The minimum absolute atomic E-state index is 0.0127. The molecule has 0 unspecified atom stereocenters. The third-order valence-corrected chi connectivity index (χ3v) is 2.98. The Morgan fingerprint density at radius 2 is 1.81 bits per heavy atom. The molecule has 0 aliphatic carbocycles. The van der Waals surface area contributed by atoms with Gasteiger partial charge in [-0.05, 0) is 24.3 Å². The summed E-state index contributed by atoms with van der Waals surface area (Å²) in [5.41, 5.74) is 1.09. The summed E-state index contributed by atoms with van der Waals surface area (Å²) in [5.74, 6) is 0.0127. The lowest BCUT2D eigenvalue weighted by atomic mass is 10.2. The first-order valence-corrected chi connectivity index (χ1v) is 6.21. The number of rotatable bonds is 0. The zero-order chi connectivity index (χ0) is 14.7. The van der Waals surface area contributed by atoms with Crippen molar-refractivity contribution in [2.75, 3.05) is 0 Å². The molecule has 2 heterocycles. The summed E-state index contributed by atoms with van der Waals surface area (Å²) in [7, 11) is 0. The predicted molar refractivity (Wildman–Crippen MR) is 77.5 cm³/mol. The summed E-state index contributed by atoms with van der Waals surface area (Å²) >= 11 is 0. The Bertz CT molecular complexity index is 951. The molecule has 4 rings (SSSR count). The van der Waals surface area contributed by atoms with Crippen LogP contribution in [-0.2, 0) is 0 Å². The average Bonchev–Trinajstić information content (AvgIpc) is 3.10. The Kier molecular flexibility index (Phi) is 3.23. The molecule has 1 aromatic heterocycles. The normalized spacial score (nSPS) is 12.1. The highest BCUT2D eigenvalue weighted by Crippen LogP contribution is 2.10. The monoisotopic (exact) mass is 276 g/mol. The van der Waals surface area contributed by atoms with E-state index in [1.165, 1.54) is 0 Å². The number of hydrogen-bond donors (Lipinski definition) is 1. The molecule has 1 aliphatic rings. The van der Waals surface area contributed by atoms with E-state index in [0.717, 1.165) is 11.0 Å². The van der Waals surface area contributed by atoms with Crippen LogP contribution in [0.15, 0.2) is 64.2 Å². The summed E-state index contributed by atoms with van der Waals surface area (Å²) in [6.07, 6.45) is 1.70. The van der Waals surface area contributed by atoms with Gasteiger partial charge in [-0.3, -0.25) is 5.41 Å². The molecule has 0 spiro atoms. The third-order valence-electron chi connectivity index (χ3n) is 2.98. The Hall–Kier alpha value is -3.33. The summed E-state index contributed by atoms with van der Waals surface area (Å²) < 4.78 is 4.87. The van der Waals surface area contributed by atoms with Crippen LogP contribution in [0.2, 0.25) is 0 Å². The highest BCUT2D eigenvalue weighted by molar-refractivity contribution is 6.19. The lowest BCUT2D eigenvalue weighted by molar-refractivity contribution is 0.456. The number of nitrogens with zero attached hydrogens (tertiary/aromatic N) is 4. The second-order valence-corrected chi connectivity index (χ2v) is 4.29. The van der Waals surface area contributed by atoms with E-state index in [2.05, 4.69) is 15.1 Å². The molecule has 21 heavy (non-hydrogen) atoms. The fourth-order valence-corrected chi connectivity index (χ4v) is 1.98. The molecule has 0 saturated carbocycles. The van der Waals surface area contributed by atoms with E-state index in [4.69, 9.17) is 15.3 Å². The van der Waals surface area contributed by atoms with Crippen LogP contribution in [0, 0.1) is 10.8 Å². The fraction of sp³-hybridized carbons (Fsp3) is 0. The topological polar surface area (TPSA) is 90.4 Å². The van der Waals surface area contributed by atoms with Gasteiger partial charge in [0.15, 0.2) is 10.6 Å². The van der Waals surface area contributed by atoms with Crippen molar-refractivity contribution in [2.24, 2.45) is 4.99 Å². The first-order chi connectivity index (χ1) is 10.3. The van der Waals surface area contributed by atoms with E-state index in [0.29, 0.717) is 10.6 Å². The van der Waals surface area contributed by atoms with Crippen molar-refractivity contribution < 1.29 is 4.52 Å². The van der Waals surface area contributed by atoms with Crippen molar-refractivity contribution in [3.63, 3.8) is 0 Å². The van der Waals surface area contributed by atoms with Gasteiger partial charge in [-0.2, -0.15) is 0 Å². The average molecular weight is 276 g/mol. The van der Waals surface area contributed by atoms with Gasteiger partial charge in [-0.1, -0.05) is 29.4 Å². The standard InChI is InChI=1S/C8H5N4.C7H5NO/c9-8-7(12-10)5-3-1-2-4-6(5)11-8;1-2-4-7-6(3-1)5-8-9-7/h1-4,9H;1-5H/q+1;. The maximum Gasteiger partial charge on any atom is 0.437 e. The van der Waals surface area contributed by atoms with Crippen LogP contribution < -0.4 is 10.6 Å². The largest absolute Gasteiger partial charge is 0.437 e. The maximum absolute atomic E-state index is 8.57. The van der Waals surface area contributed by atoms with Gasteiger partial charge >= 0.3 is 5.70 Å². The zero-order valence-electron chi connectivity index (χ0n) is 10.9. The summed E-state index contributed by atoms with van der Waals surface area (Å²) in [4.78, 5) is 6.91. The number of para-hydroxylation sites is 2. The Morgan fingerprint density at radius 1 is 1.05 bits per heavy atom. The second kappa shape index (κ2) is 5.35. The van der Waals surface area contributed by atoms with Crippen molar-refractivity contribution in [3.8, 4) is 0 Å². The van der Waals surface area contributed by atoms with Crippen LogP contribution >= 0.6 is 0 Å². The highest BCUT2D eigenvalue weighted by atomic mass is 16.5. The van der Waals surface area contributed by atoms with Crippen molar-refractivity contribution in [2.45, 2.75) is 0 Å². The molecule has 0 radical (unpaired) electrons. The van der Waals surface area contributed by atoms with E-state index in [9.17, 15) is 0 Å².